The van der Waals surface area contributed by atoms with Crippen molar-refractivity contribution in [2.75, 3.05) is 51.3 Å². The number of thiazole rings is 1. The third-order valence-electron chi connectivity index (χ3n) is 8.31. The fourth-order valence-electron chi connectivity index (χ4n) is 5.56. The summed E-state index contributed by atoms with van der Waals surface area (Å²) in [7, 11) is 2.11. The van der Waals surface area contributed by atoms with Gasteiger partial charge in [-0.25, -0.2) is 13.8 Å². The number of rotatable bonds is 8. The summed E-state index contributed by atoms with van der Waals surface area (Å²) in [6.45, 7) is 6.99. The summed E-state index contributed by atoms with van der Waals surface area (Å²) < 4.78 is 32.6. The van der Waals surface area contributed by atoms with Gasteiger partial charge in [0.25, 0.3) is 5.91 Å². The number of carbonyl (C=O) groups excluding carboxylic acids is 3. The number of Topliss-reactive ketones (excluding diaryl/α,β-unsaturated/α-hetero) is 1. The second kappa shape index (κ2) is 11.9. The SMILES string of the molecule is CC[C@H](C)[C@H](NC(=O)c1ccc(-c2csc(N3CCN(C)CC3)n2)cc1)C(=O)N1C[C@@H](C(F)F)[C@H]2OCC(=O)[C@H]21. The van der Waals surface area contributed by atoms with E-state index in [1.165, 1.54) is 4.90 Å². The Morgan fingerprint density at radius 1 is 1.18 bits per heavy atom. The number of amides is 2. The quantitative estimate of drug-likeness (QED) is 0.517. The first-order chi connectivity index (χ1) is 19.2. The van der Waals surface area contributed by atoms with E-state index >= 15 is 0 Å². The molecule has 0 unspecified atom stereocenters. The molecule has 0 bridgehead atoms. The summed E-state index contributed by atoms with van der Waals surface area (Å²) in [6.07, 6.45) is -3.17. The predicted molar refractivity (Wildman–Crippen MR) is 148 cm³/mol. The number of alkyl halides is 2. The van der Waals surface area contributed by atoms with Crippen LogP contribution < -0.4 is 10.2 Å². The molecule has 40 heavy (non-hydrogen) atoms. The molecule has 1 aromatic heterocycles. The number of likely N-dealkylation sites (tertiary alicyclic amines) is 1. The second-order valence-electron chi connectivity index (χ2n) is 10.9. The van der Waals surface area contributed by atoms with E-state index in [0.29, 0.717) is 12.0 Å². The molecule has 0 saturated carbocycles. The first-order valence-corrected chi connectivity index (χ1v) is 14.6. The Kier molecular flexibility index (Phi) is 8.48. The number of nitrogens with zero attached hydrogens (tertiary/aromatic N) is 4. The van der Waals surface area contributed by atoms with Gasteiger partial charge in [-0.15, -0.1) is 11.3 Å². The molecular formula is C28H35F2N5O4S. The topological polar surface area (TPSA) is 95.1 Å². The number of hydrogen-bond acceptors (Lipinski definition) is 8. The van der Waals surface area contributed by atoms with Gasteiger partial charge in [-0.2, -0.15) is 0 Å². The number of halogens is 2. The molecule has 3 saturated heterocycles. The Hall–Kier alpha value is -2.96. The zero-order valence-corrected chi connectivity index (χ0v) is 23.7. The van der Waals surface area contributed by atoms with Crippen molar-refractivity contribution in [3.05, 3.63) is 35.2 Å². The van der Waals surface area contributed by atoms with Crippen molar-refractivity contribution in [1.29, 1.82) is 0 Å². The van der Waals surface area contributed by atoms with E-state index in [2.05, 4.69) is 22.2 Å². The van der Waals surface area contributed by atoms with Crippen LogP contribution in [0.4, 0.5) is 13.9 Å². The lowest BCUT2D eigenvalue weighted by Crippen LogP contribution is -2.54. The predicted octanol–water partition coefficient (Wildman–Crippen LogP) is 2.77. The van der Waals surface area contributed by atoms with Crippen molar-refractivity contribution < 1.29 is 27.9 Å². The molecule has 1 aromatic carbocycles. The minimum Gasteiger partial charge on any atom is -0.367 e. The van der Waals surface area contributed by atoms with Gasteiger partial charge < -0.3 is 24.8 Å². The third-order valence-corrected chi connectivity index (χ3v) is 9.21. The number of benzene rings is 1. The Morgan fingerprint density at radius 3 is 2.52 bits per heavy atom. The largest absolute Gasteiger partial charge is 0.367 e. The number of ether oxygens (including phenoxy) is 1. The van der Waals surface area contributed by atoms with E-state index in [4.69, 9.17) is 9.72 Å². The molecule has 5 rings (SSSR count). The highest BCUT2D eigenvalue weighted by Crippen LogP contribution is 2.36. The molecule has 4 heterocycles. The second-order valence-corrected chi connectivity index (χ2v) is 11.7. The Labute approximate surface area is 236 Å². The van der Waals surface area contributed by atoms with Crippen molar-refractivity contribution in [3.8, 4) is 11.3 Å². The van der Waals surface area contributed by atoms with Crippen LogP contribution in [0.25, 0.3) is 11.3 Å². The van der Waals surface area contributed by atoms with Crippen LogP contribution in [0.3, 0.4) is 0 Å². The first kappa shape index (κ1) is 28.6. The number of ketones is 1. The number of fused-ring (bicyclic) bond motifs is 1. The highest BCUT2D eigenvalue weighted by molar-refractivity contribution is 7.14. The fourth-order valence-corrected chi connectivity index (χ4v) is 6.45. The highest BCUT2D eigenvalue weighted by atomic mass is 32.1. The van der Waals surface area contributed by atoms with Crippen molar-refractivity contribution in [3.63, 3.8) is 0 Å². The number of carbonyl (C=O) groups is 3. The smallest absolute Gasteiger partial charge is 0.251 e. The zero-order chi connectivity index (χ0) is 28.6. The van der Waals surface area contributed by atoms with E-state index in [0.717, 1.165) is 42.6 Å². The first-order valence-electron chi connectivity index (χ1n) is 13.7. The minimum atomic E-state index is -2.72. The van der Waals surface area contributed by atoms with Crippen molar-refractivity contribution in [1.82, 2.24) is 20.1 Å². The van der Waals surface area contributed by atoms with Crippen LogP contribution in [0.1, 0.15) is 30.6 Å². The van der Waals surface area contributed by atoms with Gasteiger partial charge in [-0.1, -0.05) is 32.4 Å². The Balaban J connectivity index is 1.28. The van der Waals surface area contributed by atoms with Crippen molar-refractivity contribution in [2.45, 2.75) is 44.9 Å². The number of likely N-dealkylation sites (N-methyl/N-ethyl adjacent to an activating group) is 1. The molecule has 0 spiro atoms. The summed E-state index contributed by atoms with van der Waals surface area (Å²) >= 11 is 1.60. The van der Waals surface area contributed by atoms with Gasteiger partial charge in [0.15, 0.2) is 10.9 Å². The lowest BCUT2D eigenvalue weighted by atomic mass is 9.96. The Bertz CT molecular complexity index is 1230. The van der Waals surface area contributed by atoms with Crippen LogP contribution in [0.15, 0.2) is 29.6 Å². The van der Waals surface area contributed by atoms with Gasteiger partial charge in [0.1, 0.15) is 18.7 Å². The highest BCUT2D eigenvalue weighted by Gasteiger charge is 2.56. The lowest BCUT2D eigenvalue weighted by molar-refractivity contribution is -0.139. The molecule has 3 fully saturated rings. The maximum absolute atomic E-state index is 13.7. The molecule has 9 nitrogen and oxygen atoms in total. The number of piperazine rings is 1. The maximum Gasteiger partial charge on any atom is 0.251 e. The van der Waals surface area contributed by atoms with Gasteiger partial charge in [0.2, 0.25) is 12.3 Å². The van der Waals surface area contributed by atoms with E-state index < -0.39 is 42.3 Å². The molecule has 2 aromatic rings. The van der Waals surface area contributed by atoms with Gasteiger partial charge in [0, 0.05) is 49.2 Å². The van der Waals surface area contributed by atoms with Gasteiger partial charge in [-0.05, 0) is 25.1 Å². The molecular weight excluding hydrogens is 540 g/mol. The Morgan fingerprint density at radius 2 is 1.88 bits per heavy atom. The zero-order valence-electron chi connectivity index (χ0n) is 22.9. The third kappa shape index (κ3) is 5.61. The van der Waals surface area contributed by atoms with Crippen LogP contribution in [0.5, 0.6) is 0 Å². The minimum absolute atomic E-state index is 0.278. The van der Waals surface area contributed by atoms with Crippen LogP contribution in [0, 0.1) is 11.8 Å². The molecule has 216 valence electrons. The van der Waals surface area contributed by atoms with Crippen LogP contribution in [0.2, 0.25) is 0 Å². The molecule has 3 aliphatic heterocycles. The van der Waals surface area contributed by atoms with E-state index in [-0.39, 0.29) is 24.9 Å². The van der Waals surface area contributed by atoms with Crippen LogP contribution in [-0.4, -0.2) is 103 Å². The van der Waals surface area contributed by atoms with E-state index in [1.54, 1.807) is 23.5 Å². The normalized spacial score (nSPS) is 24.9. The number of anilines is 1. The summed E-state index contributed by atoms with van der Waals surface area (Å²) in [6, 6.07) is 5.01. The average molecular weight is 576 g/mol. The molecule has 5 atom stereocenters. The fraction of sp³-hybridized carbons (Fsp3) is 0.571. The van der Waals surface area contributed by atoms with Gasteiger partial charge in [0.05, 0.1) is 17.7 Å². The monoisotopic (exact) mass is 575 g/mol. The molecule has 3 aliphatic rings. The number of hydrogen-bond donors (Lipinski definition) is 1. The maximum atomic E-state index is 13.7. The number of nitrogens with one attached hydrogen (secondary N) is 1. The van der Waals surface area contributed by atoms with Crippen LogP contribution >= 0.6 is 11.3 Å². The molecule has 12 heteroatoms. The summed E-state index contributed by atoms with van der Waals surface area (Å²) in [5.41, 5.74) is 2.08. The molecule has 0 aliphatic carbocycles. The molecule has 2 amide bonds. The van der Waals surface area contributed by atoms with Gasteiger partial charge in [-0.3, -0.25) is 14.4 Å². The lowest BCUT2D eigenvalue weighted by Gasteiger charge is -2.32. The van der Waals surface area contributed by atoms with Crippen molar-refractivity contribution in [2.24, 2.45) is 11.8 Å². The molecule has 0 radical (unpaired) electrons. The summed E-state index contributed by atoms with van der Waals surface area (Å²) in [5, 5.41) is 5.80. The van der Waals surface area contributed by atoms with Crippen molar-refractivity contribution >= 4 is 34.1 Å². The van der Waals surface area contributed by atoms with Crippen LogP contribution in [-0.2, 0) is 14.3 Å². The summed E-state index contributed by atoms with van der Waals surface area (Å²) in [4.78, 5) is 49.8. The number of aromatic nitrogens is 1. The molecule has 1 N–H and O–H groups in total. The standard InChI is InChI=1S/C28H35F2N5O4S/c1-4-16(2)22(27(38)35-13-19(25(29)30)24-23(35)21(36)14-39-24)32-26(37)18-7-5-17(6-8-18)20-15-40-28(31-20)34-11-9-33(3)10-12-34/h5-8,15-16,19,22-25H,4,9-14H2,1-3H3,(H,32,37)/t16-,19+,22-,23+,24+/m0/s1. The van der Waals surface area contributed by atoms with E-state index in [9.17, 15) is 23.2 Å². The van der Waals surface area contributed by atoms with E-state index in [1.807, 2.05) is 31.4 Å². The van der Waals surface area contributed by atoms with Gasteiger partial charge >= 0.3 is 0 Å². The average Bonchev–Trinajstić information content (AvgIpc) is 3.69. The summed E-state index contributed by atoms with van der Waals surface area (Å²) in [5.74, 6) is -2.87.